The van der Waals surface area contributed by atoms with Crippen molar-refractivity contribution in [2.75, 3.05) is 62.3 Å². The van der Waals surface area contributed by atoms with Gasteiger partial charge in [-0.1, -0.05) is 12.1 Å². The summed E-state index contributed by atoms with van der Waals surface area (Å²) in [6.07, 6.45) is -3.29. The van der Waals surface area contributed by atoms with Crippen molar-refractivity contribution in [2.24, 2.45) is 0 Å². The zero-order chi connectivity index (χ0) is 22.1. The van der Waals surface area contributed by atoms with Gasteiger partial charge >= 0.3 is 6.18 Å². The van der Waals surface area contributed by atoms with E-state index in [2.05, 4.69) is 14.9 Å². The van der Waals surface area contributed by atoms with Gasteiger partial charge in [0.25, 0.3) is 0 Å². The van der Waals surface area contributed by atoms with Crippen LogP contribution in [0.4, 0.5) is 24.8 Å². The molecule has 0 bridgehead atoms. The molecule has 0 aliphatic carbocycles. The van der Waals surface area contributed by atoms with Gasteiger partial charge in [0.15, 0.2) is 0 Å². The summed E-state index contributed by atoms with van der Waals surface area (Å²) in [6, 6.07) is 6.11. The van der Waals surface area contributed by atoms with E-state index in [-0.39, 0.29) is 13.1 Å². The number of benzene rings is 1. The Hall–Kier alpha value is -2.44. The Morgan fingerprint density at radius 1 is 0.871 bits per heavy atom. The fraction of sp³-hybridized carbons (Fsp3) is 0.474. The fourth-order valence-electron chi connectivity index (χ4n) is 3.70. The van der Waals surface area contributed by atoms with Crippen LogP contribution in [0.3, 0.4) is 0 Å². The molecular weight excluding hydrogens is 435 g/mol. The molecular formula is C19H22F3N5O3S. The van der Waals surface area contributed by atoms with E-state index in [0.717, 1.165) is 35.3 Å². The first-order chi connectivity index (χ1) is 14.8. The van der Waals surface area contributed by atoms with Crippen LogP contribution >= 0.6 is 0 Å². The van der Waals surface area contributed by atoms with Gasteiger partial charge in [0.1, 0.15) is 18.0 Å². The van der Waals surface area contributed by atoms with E-state index < -0.39 is 26.7 Å². The Labute approximate surface area is 178 Å². The predicted octanol–water partition coefficient (Wildman–Crippen LogP) is 1.84. The molecule has 2 fully saturated rings. The summed E-state index contributed by atoms with van der Waals surface area (Å²) in [5.41, 5.74) is -1.15. The maximum Gasteiger partial charge on any atom is 0.417 e. The highest BCUT2D eigenvalue weighted by atomic mass is 32.2. The van der Waals surface area contributed by atoms with Crippen molar-refractivity contribution < 1.29 is 26.3 Å². The molecule has 0 atom stereocenters. The third-order valence-electron chi connectivity index (χ3n) is 5.35. The van der Waals surface area contributed by atoms with E-state index in [0.29, 0.717) is 32.1 Å². The molecule has 2 saturated heterocycles. The predicted molar refractivity (Wildman–Crippen MR) is 107 cm³/mol. The van der Waals surface area contributed by atoms with Gasteiger partial charge < -0.3 is 14.5 Å². The quantitative estimate of drug-likeness (QED) is 0.693. The number of anilines is 2. The maximum absolute atomic E-state index is 13.3. The lowest BCUT2D eigenvalue weighted by atomic mass is 10.2. The van der Waals surface area contributed by atoms with Gasteiger partial charge in [-0.15, -0.1) is 0 Å². The minimum atomic E-state index is -4.75. The number of rotatable bonds is 4. The zero-order valence-electron chi connectivity index (χ0n) is 16.6. The number of morpholine rings is 1. The molecule has 1 aromatic carbocycles. The first-order valence-corrected chi connectivity index (χ1v) is 11.3. The van der Waals surface area contributed by atoms with E-state index in [1.54, 1.807) is 0 Å². The molecule has 2 aromatic rings. The minimum absolute atomic E-state index is 0.0609. The Balaban J connectivity index is 1.48. The third-order valence-corrected chi connectivity index (χ3v) is 7.30. The molecule has 0 radical (unpaired) electrons. The number of alkyl halides is 3. The van der Waals surface area contributed by atoms with E-state index >= 15 is 0 Å². The number of ether oxygens (including phenoxy) is 1. The highest BCUT2D eigenvalue weighted by Gasteiger charge is 2.39. The second kappa shape index (κ2) is 8.60. The van der Waals surface area contributed by atoms with Crippen LogP contribution in [0.5, 0.6) is 0 Å². The van der Waals surface area contributed by atoms with Crippen LogP contribution in [0.2, 0.25) is 0 Å². The van der Waals surface area contributed by atoms with E-state index in [9.17, 15) is 21.6 Å². The Bertz CT molecular complexity index is 1020. The second-order valence-electron chi connectivity index (χ2n) is 7.22. The van der Waals surface area contributed by atoms with Crippen LogP contribution in [0.1, 0.15) is 5.56 Å². The Morgan fingerprint density at radius 2 is 1.45 bits per heavy atom. The molecule has 8 nitrogen and oxygen atoms in total. The van der Waals surface area contributed by atoms with Gasteiger partial charge in [-0.05, 0) is 12.1 Å². The summed E-state index contributed by atoms with van der Waals surface area (Å²) < 4.78 is 72.2. The molecule has 1 aromatic heterocycles. The van der Waals surface area contributed by atoms with E-state index in [1.807, 2.05) is 11.0 Å². The Morgan fingerprint density at radius 3 is 2.06 bits per heavy atom. The maximum atomic E-state index is 13.3. The number of halogens is 3. The smallest absolute Gasteiger partial charge is 0.378 e. The van der Waals surface area contributed by atoms with E-state index in [4.69, 9.17) is 4.74 Å². The summed E-state index contributed by atoms with van der Waals surface area (Å²) >= 11 is 0. The van der Waals surface area contributed by atoms with Gasteiger partial charge in [-0.25, -0.2) is 18.4 Å². The van der Waals surface area contributed by atoms with Crippen molar-refractivity contribution in [2.45, 2.75) is 11.1 Å². The lowest BCUT2D eigenvalue weighted by Gasteiger charge is -2.35. The second-order valence-corrected chi connectivity index (χ2v) is 9.13. The summed E-state index contributed by atoms with van der Waals surface area (Å²) in [6.45, 7) is 3.43. The molecule has 0 amide bonds. The largest absolute Gasteiger partial charge is 0.417 e. The van der Waals surface area contributed by atoms with Gasteiger partial charge in [0.2, 0.25) is 10.0 Å². The van der Waals surface area contributed by atoms with Gasteiger partial charge in [-0.2, -0.15) is 17.5 Å². The zero-order valence-corrected chi connectivity index (χ0v) is 17.4. The summed E-state index contributed by atoms with van der Waals surface area (Å²) in [7, 11) is -4.27. The summed E-state index contributed by atoms with van der Waals surface area (Å²) in [4.78, 5) is 11.9. The van der Waals surface area contributed by atoms with Crippen molar-refractivity contribution in [1.82, 2.24) is 14.3 Å². The fourth-order valence-corrected chi connectivity index (χ4v) is 5.33. The van der Waals surface area contributed by atoms with Crippen LogP contribution in [0.25, 0.3) is 0 Å². The lowest BCUT2D eigenvalue weighted by molar-refractivity contribution is -0.139. The molecule has 168 valence electrons. The van der Waals surface area contributed by atoms with Crippen LogP contribution < -0.4 is 9.80 Å². The average Bonchev–Trinajstić information content (AvgIpc) is 2.79. The standard InChI is InChI=1S/C19H22F3N5O3S/c20-19(21,22)15-3-1-2-4-16(15)31(28,29)27-7-5-25(6-8-27)17-13-18(24-14-23-17)26-9-11-30-12-10-26/h1-4,13-14H,5-12H2. The molecule has 4 rings (SSSR count). The molecule has 2 aliphatic heterocycles. The normalized spacial score (nSPS) is 18.9. The lowest BCUT2D eigenvalue weighted by Crippen LogP contribution is -2.49. The highest BCUT2D eigenvalue weighted by Crippen LogP contribution is 2.35. The van der Waals surface area contributed by atoms with Crippen molar-refractivity contribution >= 4 is 21.7 Å². The topological polar surface area (TPSA) is 78.9 Å². The molecule has 12 heteroatoms. The number of sulfonamides is 1. The number of piperazine rings is 1. The first-order valence-electron chi connectivity index (χ1n) is 9.83. The molecule has 2 aliphatic rings. The molecule has 3 heterocycles. The number of aromatic nitrogens is 2. The molecule has 0 saturated carbocycles. The number of nitrogens with zero attached hydrogens (tertiary/aromatic N) is 5. The Kier molecular flexibility index (Phi) is 6.04. The van der Waals surface area contributed by atoms with Gasteiger partial charge in [0.05, 0.1) is 23.7 Å². The summed E-state index contributed by atoms with van der Waals surface area (Å²) in [5, 5.41) is 0. The van der Waals surface area contributed by atoms with Crippen molar-refractivity contribution in [1.29, 1.82) is 0 Å². The number of hydrogen-bond donors (Lipinski definition) is 0. The monoisotopic (exact) mass is 457 g/mol. The van der Waals surface area contributed by atoms with Crippen LogP contribution in [0.15, 0.2) is 41.6 Å². The highest BCUT2D eigenvalue weighted by molar-refractivity contribution is 7.89. The first kappa shape index (κ1) is 21.8. The van der Waals surface area contributed by atoms with Crippen molar-refractivity contribution in [3.8, 4) is 0 Å². The van der Waals surface area contributed by atoms with Gasteiger partial charge in [0, 0.05) is 45.3 Å². The minimum Gasteiger partial charge on any atom is -0.378 e. The SMILES string of the molecule is O=S(=O)(c1ccccc1C(F)(F)F)N1CCN(c2cc(N3CCOCC3)ncn2)CC1. The van der Waals surface area contributed by atoms with E-state index in [1.165, 1.54) is 18.5 Å². The third kappa shape index (κ3) is 4.60. The molecule has 0 unspecified atom stereocenters. The van der Waals surface area contributed by atoms with Gasteiger partial charge in [-0.3, -0.25) is 0 Å². The molecule has 0 spiro atoms. The average molecular weight is 457 g/mol. The molecule has 31 heavy (non-hydrogen) atoms. The van der Waals surface area contributed by atoms with Crippen molar-refractivity contribution in [3.05, 3.63) is 42.2 Å². The van der Waals surface area contributed by atoms with Crippen LogP contribution in [0, 0.1) is 0 Å². The number of hydrogen-bond acceptors (Lipinski definition) is 7. The summed E-state index contributed by atoms with van der Waals surface area (Å²) in [5.74, 6) is 1.42. The van der Waals surface area contributed by atoms with Crippen molar-refractivity contribution in [3.63, 3.8) is 0 Å². The van der Waals surface area contributed by atoms with Crippen LogP contribution in [-0.2, 0) is 20.9 Å². The van der Waals surface area contributed by atoms with Crippen LogP contribution in [-0.4, -0.2) is 75.2 Å². The molecule has 0 N–H and O–H groups in total.